The zero-order valence-corrected chi connectivity index (χ0v) is 11.6. The Balaban J connectivity index is 2.79. The Morgan fingerprint density at radius 2 is 2.00 bits per heavy atom. The van der Waals surface area contributed by atoms with E-state index in [1.165, 1.54) is 0 Å². The summed E-state index contributed by atoms with van der Waals surface area (Å²) in [7, 11) is 0. The number of carbonyl (C=O) groups excluding carboxylic acids is 1. The van der Waals surface area contributed by atoms with Crippen molar-refractivity contribution in [2.75, 3.05) is 6.54 Å². The van der Waals surface area contributed by atoms with Crippen molar-refractivity contribution in [1.82, 2.24) is 4.90 Å². The molecule has 0 aromatic carbocycles. The molecule has 0 radical (unpaired) electrons. The molecule has 1 amide bonds. The van der Waals surface area contributed by atoms with E-state index in [1.54, 1.807) is 4.90 Å². The Hall–Kier alpha value is -1.26. The van der Waals surface area contributed by atoms with E-state index in [2.05, 4.69) is 0 Å². The van der Waals surface area contributed by atoms with Gasteiger partial charge in [-0.15, -0.1) is 0 Å². The summed E-state index contributed by atoms with van der Waals surface area (Å²) in [4.78, 5) is 24.8. The fourth-order valence-electron chi connectivity index (χ4n) is 2.40. The van der Waals surface area contributed by atoms with Crippen LogP contribution < -0.4 is 0 Å². The van der Waals surface area contributed by atoms with E-state index < -0.39 is 23.6 Å². The van der Waals surface area contributed by atoms with E-state index in [9.17, 15) is 14.7 Å². The van der Waals surface area contributed by atoms with Crippen molar-refractivity contribution in [2.24, 2.45) is 5.92 Å². The monoisotopic (exact) mass is 257 g/mol. The largest absolute Gasteiger partial charge is 0.481 e. The van der Waals surface area contributed by atoms with Crippen LogP contribution in [-0.2, 0) is 9.53 Å². The number of rotatable bonds is 2. The van der Waals surface area contributed by atoms with Crippen LogP contribution >= 0.6 is 0 Å². The molecule has 0 bridgehead atoms. The van der Waals surface area contributed by atoms with Gasteiger partial charge in [0.05, 0.1) is 5.92 Å². The van der Waals surface area contributed by atoms with Crippen LogP contribution in [0.4, 0.5) is 4.79 Å². The van der Waals surface area contributed by atoms with Crippen molar-refractivity contribution in [1.29, 1.82) is 0 Å². The highest BCUT2D eigenvalue weighted by molar-refractivity contribution is 5.74. The molecule has 1 saturated heterocycles. The molecule has 1 aliphatic heterocycles. The number of carboxylic acid groups (broad SMARTS) is 1. The third-order valence-corrected chi connectivity index (χ3v) is 3.14. The number of carboxylic acids is 1. The maximum absolute atomic E-state index is 12.1. The van der Waals surface area contributed by atoms with Gasteiger partial charge in [-0.25, -0.2) is 4.79 Å². The first kappa shape index (κ1) is 14.8. The van der Waals surface area contributed by atoms with Gasteiger partial charge < -0.3 is 14.7 Å². The molecular formula is C13H23NO4. The van der Waals surface area contributed by atoms with Crippen LogP contribution in [-0.4, -0.2) is 40.3 Å². The molecule has 2 atom stereocenters. The second-order valence-corrected chi connectivity index (χ2v) is 5.74. The number of hydrogen-bond acceptors (Lipinski definition) is 3. The van der Waals surface area contributed by atoms with Crippen LogP contribution in [0.25, 0.3) is 0 Å². The quantitative estimate of drug-likeness (QED) is 0.825. The number of likely N-dealkylation sites (tertiary alicyclic amines) is 1. The number of piperidine rings is 1. The van der Waals surface area contributed by atoms with E-state index in [0.717, 1.165) is 0 Å². The molecule has 18 heavy (non-hydrogen) atoms. The summed E-state index contributed by atoms with van der Waals surface area (Å²) in [5.74, 6) is -1.30. The molecule has 1 fully saturated rings. The first-order valence-electron chi connectivity index (χ1n) is 6.48. The van der Waals surface area contributed by atoms with Crippen molar-refractivity contribution < 1.29 is 19.4 Å². The maximum atomic E-state index is 12.1. The lowest BCUT2D eigenvalue weighted by molar-refractivity contribution is -0.145. The van der Waals surface area contributed by atoms with Crippen LogP contribution in [0, 0.1) is 5.92 Å². The van der Waals surface area contributed by atoms with Crippen molar-refractivity contribution >= 4 is 12.1 Å². The number of nitrogens with zero attached hydrogens (tertiary/aromatic N) is 1. The van der Waals surface area contributed by atoms with Crippen LogP contribution in [0.15, 0.2) is 0 Å². The van der Waals surface area contributed by atoms with Gasteiger partial charge in [0.2, 0.25) is 0 Å². The molecule has 1 aliphatic rings. The smallest absolute Gasteiger partial charge is 0.410 e. The van der Waals surface area contributed by atoms with Gasteiger partial charge in [-0.3, -0.25) is 4.79 Å². The molecule has 0 aromatic rings. The molecule has 0 spiro atoms. The number of amides is 1. The summed E-state index contributed by atoms with van der Waals surface area (Å²) < 4.78 is 5.33. The Labute approximate surface area is 108 Å². The topological polar surface area (TPSA) is 66.8 Å². The van der Waals surface area contributed by atoms with E-state index in [0.29, 0.717) is 25.8 Å². The van der Waals surface area contributed by atoms with Crippen LogP contribution in [0.1, 0.15) is 47.0 Å². The van der Waals surface area contributed by atoms with Gasteiger partial charge in [0.1, 0.15) is 5.60 Å². The normalized spacial score (nSPS) is 24.8. The van der Waals surface area contributed by atoms with Crippen LogP contribution in [0.5, 0.6) is 0 Å². The summed E-state index contributed by atoms with van der Waals surface area (Å²) in [5, 5.41) is 9.19. The first-order valence-corrected chi connectivity index (χ1v) is 6.48. The molecule has 0 aliphatic carbocycles. The molecule has 0 aromatic heterocycles. The minimum absolute atomic E-state index is 0.258. The summed E-state index contributed by atoms with van der Waals surface area (Å²) >= 11 is 0. The predicted molar refractivity (Wildman–Crippen MR) is 67.4 cm³/mol. The van der Waals surface area contributed by atoms with Gasteiger partial charge in [-0.1, -0.05) is 6.92 Å². The molecule has 1 rings (SSSR count). The second kappa shape index (κ2) is 5.59. The van der Waals surface area contributed by atoms with Crippen molar-refractivity contribution in [3.8, 4) is 0 Å². The Kier molecular flexibility index (Phi) is 4.59. The molecular weight excluding hydrogens is 234 g/mol. The summed E-state index contributed by atoms with van der Waals surface area (Å²) in [6.45, 7) is 7.92. The highest BCUT2D eigenvalue weighted by atomic mass is 16.6. The zero-order valence-electron chi connectivity index (χ0n) is 11.6. The average molecular weight is 257 g/mol. The lowest BCUT2D eigenvalue weighted by Crippen LogP contribution is -2.51. The number of carbonyl (C=O) groups is 2. The van der Waals surface area contributed by atoms with Gasteiger partial charge in [-0.2, -0.15) is 0 Å². The molecule has 1 N–H and O–H groups in total. The average Bonchev–Trinajstić information content (AvgIpc) is 2.25. The van der Waals surface area contributed by atoms with Gasteiger partial charge in [0.15, 0.2) is 0 Å². The number of aliphatic carboxylic acids is 1. The van der Waals surface area contributed by atoms with Gasteiger partial charge in [-0.05, 0) is 40.0 Å². The third-order valence-electron chi connectivity index (χ3n) is 3.14. The van der Waals surface area contributed by atoms with Gasteiger partial charge in [0.25, 0.3) is 0 Å². The molecule has 104 valence electrons. The number of ether oxygens (including phenoxy) is 1. The fraction of sp³-hybridized carbons (Fsp3) is 0.846. The van der Waals surface area contributed by atoms with E-state index in [1.807, 2.05) is 27.7 Å². The summed E-state index contributed by atoms with van der Waals surface area (Å²) in [5.41, 5.74) is -0.550. The summed E-state index contributed by atoms with van der Waals surface area (Å²) in [6, 6.07) is -0.258. The van der Waals surface area contributed by atoms with Gasteiger partial charge in [0, 0.05) is 12.6 Å². The predicted octanol–water partition coefficient (Wildman–Crippen LogP) is 2.50. The minimum Gasteiger partial charge on any atom is -0.481 e. The Bertz CT molecular complexity index is 321. The molecule has 2 unspecified atom stereocenters. The molecule has 5 heteroatoms. The van der Waals surface area contributed by atoms with Crippen molar-refractivity contribution in [3.05, 3.63) is 0 Å². The maximum Gasteiger partial charge on any atom is 0.410 e. The van der Waals surface area contributed by atoms with E-state index in [4.69, 9.17) is 4.74 Å². The Morgan fingerprint density at radius 1 is 1.39 bits per heavy atom. The van der Waals surface area contributed by atoms with Crippen molar-refractivity contribution in [3.63, 3.8) is 0 Å². The lowest BCUT2D eigenvalue weighted by Gasteiger charge is -2.39. The van der Waals surface area contributed by atoms with E-state index in [-0.39, 0.29) is 6.04 Å². The second-order valence-electron chi connectivity index (χ2n) is 5.74. The van der Waals surface area contributed by atoms with Crippen LogP contribution in [0.3, 0.4) is 0 Å². The molecule has 5 nitrogen and oxygen atoms in total. The lowest BCUT2D eigenvalue weighted by atomic mass is 9.88. The highest BCUT2D eigenvalue weighted by Gasteiger charge is 2.38. The molecule has 0 saturated carbocycles. The molecule has 1 heterocycles. The first-order chi connectivity index (χ1) is 8.26. The summed E-state index contributed by atoms with van der Waals surface area (Å²) in [6.07, 6.45) is 1.58. The Morgan fingerprint density at radius 3 is 2.44 bits per heavy atom. The minimum atomic E-state index is -0.824. The zero-order chi connectivity index (χ0) is 13.9. The number of hydrogen-bond donors (Lipinski definition) is 1. The fourth-order valence-corrected chi connectivity index (χ4v) is 2.40. The third kappa shape index (κ3) is 3.62. The SMILES string of the molecule is CCC1C(C(=O)O)CCCN1C(=O)OC(C)(C)C. The van der Waals surface area contributed by atoms with Crippen molar-refractivity contribution in [2.45, 2.75) is 58.6 Å². The van der Waals surface area contributed by atoms with Gasteiger partial charge >= 0.3 is 12.1 Å². The van der Waals surface area contributed by atoms with E-state index >= 15 is 0 Å². The highest BCUT2D eigenvalue weighted by Crippen LogP contribution is 2.27. The standard InChI is InChI=1S/C13H23NO4/c1-5-10-9(11(15)16)7-6-8-14(10)12(17)18-13(2,3)4/h9-10H,5-8H2,1-4H3,(H,15,16). The van der Waals surface area contributed by atoms with Crippen LogP contribution in [0.2, 0.25) is 0 Å².